The van der Waals surface area contributed by atoms with Gasteiger partial charge in [-0.1, -0.05) is 98.8 Å². The number of furan rings is 2. The molecule has 0 aliphatic rings. The first-order valence-corrected chi connectivity index (χ1v) is 20.4. The fourth-order valence-electron chi connectivity index (χ4n) is 9.03. The Balaban J connectivity index is 1.08. The highest BCUT2D eigenvalue weighted by Crippen LogP contribution is 2.46. The molecule has 0 amide bonds. The lowest BCUT2D eigenvalue weighted by Crippen LogP contribution is -2.11. The molecular weight excluding hydrogens is 721 g/mol. The molecule has 0 N–H and O–H groups in total. The number of hydrogen-bond acceptors (Lipinski definition) is 4. The first-order chi connectivity index (χ1) is 28.9. The van der Waals surface area contributed by atoms with Gasteiger partial charge in [0.15, 0.2) is 11.2 Å². The summed E-state index contributed by atoms with van der Waals surface area (Å²) in [6.07, 6.45) is 0. The number of rotatable bonds is 7. The van der Waals surface area contributed by atoms with E-state index in [1.54, 1.807) is 0 Å². The number of aryl methyl sites for hydroxylation is 2. The van der Waals surface area contributed by atoms with Gasteiger partial charge >= 0.3 is 0 Å². The van der Waals surface area contributed by atoms with Crippen LogP contribution in [0.15, 0.2) is 185 Å². The normalized spacial score (nSPS) is 11.9. The minimum absolute atomic E-state index is 0.271. The van der Waals surface area contributed by atoms with Gasteiger partial charge in [-0.05, 0) is 149 Å². The lowest BCUT2D eigenvalue weighted by molar-refractivity contribution is 0.633. The van der Waals surface area contributed by atoms with Crippen LogP contribution in [-0.2, 0) is 0 Å². The van der Waals surface area contributed by atoms with Crippen LogP contribution in [0.5, 0.6) is 0 Å². The summed E-state index contributed by atoms with van der Waals surface area (Å²) < 4.78 is 13.8. The van der Waals surface area contributed by atoms with E-state index >= 15 is 0 Å². The smallest absolute Gasteiger partial charge is 0.178 e. The summed E-state index contributed by atoms with van der Waals surface area (Å²) in [7, 11) is 0. The van der Waals surface area contributed by atoms with Crippen LogP contribution >= 0.6 is 0 Å². The van der Waals surface area contributed by atoms with Crippen LogP contribution in [-0.4, -0.2) is 0 Å². The second-order valence-corrected chi connectivity index (χ2v) is 16.1. The van der Waals surface area contributed by atoms with Crippen molar-refractivity contribution < 1.29 is 8.83 Å². The van der Waals surface area contributed by atoms with E-state index in [1.165, 1.54) is 22.1 Å². The molecule has 0 atom stereocenters. The summed E-state index contributed by atoms with van der Waals surface area (Å²) in [6.45, 7) is 8.87. The number of para-hydroxylation sites is 4. The predicted octanol–water partition coefficient (Wildman–Crippen LogP) is 16.5. The average molecular weight is 763 g/mol. The molecular formula is C55H42N2O2. The third-order valence-electron chi connectivity index (χ3n) is 12.0. The third-order valence-corrected chi connectivity index (χ3v) is 12.0. The molecule has 4 nitrogen and oxygen atoms in total. The minimum Gasteiger partial charge on any atom is -0.452 e. The molecule has 2 heterocycles. The Labute approximate surface area is 343 Å². The monoisotopic (exact) mass is 762 g/mol. The van der Waals surface area contributed by atoms with Crippen LogP contribution in [0.4, 0.5) is 34.1 Å². The van der Waals surface area contributed by atoms with Crippen LogP contribution in [0, 0.1) is 13.8 Å². The molecule has 4 heteroatoms. The molecule has 0 aliphatic heterocycles. The standard InChI is InChI=1S/C55H42N2O2/c1-34(2)45-33-47-46-29-37-23-25-43(56(41-17-7-5-8-18-41)49-21-13-11-15-35(49)3)27-39(37)31-51(46)58-54(47)55-53(45)48-30-38-24-26-44(28-40(38)32-52(48)59-55)57(42-19-9-6-10-20-42)50-22-14-12-16-36(50)4/h5-34H,1-4H3. The highest BCUT2D eigenvalue weighted by molar-refractivity contribution is 6.22. The van der Waals surface area contributed by atoms with Gasteiger partial charge in [0.1, 0.15) is 11.2 Å². The van der Waals surface area contributed by atoms with Gasteiger partial charge in [0.25, 0.3) is 0 Å². The average Bonchev–Trinajstić information content (AvgIpc) is 3.81. The van der Waals surface area contributed by atoms with Crippen molar-refractivity contribution in [2.24, 2.45) is 0 Å². The number of anilines is 6. The maximum Gasteiger partial charge on any atom is 0.178 e. The zero-order valence-corrected chi connectivity index (χ0v) is 33.5. The molecule has 0 saturated carbocycles. The van der Waals surface area contributed by atoms with E-state index in [1.807, 2.05) is 0 Å². The first kappa shape index (κ1) is 34.9. The second kappa shape index (κ2) is 13.7. The van der Waals surface area contributed by atoms with E-state index in [0.717, 1.165) is 94.2 Å². The fourth-order valence-corrected chi connectivity index (χ4v) is 9.03. The molecule has 0 unspecified atom stereocenters. The van der Waals surface area contributed by atoms with E-state index in [4.69, 9.17) is 8.83 Å². The summed E-state index contributed by atoms with van der Waals surface area (Å²) in [5, 5.41) is 8.97. The van der Waals surface area contributed by atoms with E-state index in [2.05, 4.69) is 213 Å². The molecule has 0 fully saturated rings. The van der Waals surface area contributed by atoms with Gasteiger partial charge in [0.05, 0.1) is 0 Å². The Kier molecular flexibility index (Phi) is 8.09. The number of benzene rings is 9. The summed E-state index contributed by atoms with van der Waals surface area (Å²) in [5.74, 6) is 0.271. The van der Waals surface area contributed by atoms with Gasteiger partial charge < -0.3 is 18.6 Å². The number of fused-ring (bicyclic) bond motifs is 9. The molecule has 11 rings (SSSR count). The minimum atomic E-state index is 0.271. The Morgan fingerprint density at radius 2 is 0.864 bits per heavy atom. The predicted molar refractivity (Wildman–Crippen MR) is 249 cm³/mol. The van der Waals surface area contributed by atoms with Gasteiger partial charge in [-0.3, -0.25) is 0 Å². The van der Waals surface area contributed by atoms with Gasteiger partial charge in [0, 0.05) is 55.7 Å². The van der Waals surface area contributed by atoms with Gasteiger partial charge in [-0.15, -0.1) is 0 Å². The van der Waals surface area contributed by atoms with Crippen LogP contribution in [0.3, 0.4) is 0 Å². The highest BCUT2D eigenvalue weighted by atomic mass is 16.4. The number of hydrogen-bond donors (Lipinski definition) is 0. The van der Waals surface area contributed by atoms with E-state index < -0.39 is 0 Å². The third kappa shape index (κ3) is 5.74. The Morgan fingerprint density at radius 1 is 0.390 bits per heavy atom. The van der Waals surface area contributed by atoms with Crippen molar-refractivity contribution >= 4 is 99.5 Å². The first-order valence-electron chi connectivity index (χ1n) is 20.4. The van der Waals surface area contributed by atoms with Crippen molar-refractivity contribution in [2.75, 3.05) is 9.80 Å². The van der Waals surface area contributed by atoms with Crippen LogP contribution in [0.1, 0.15) is 36.5 Å². The Morgan fingerprint density at radius 3 is 1.39 bits per heavy atom. The SMILES string of the molecule is Cc1ccccc1N(c1ccccc1)c1ccc2cc3c(cc2c1)oc1c3cc(C(C)C)c2c3cc4ccc(N(c5ccccc5)c5ccccc5C)cc4cc3oc12. The van der Waals surface area contributed by atoms with Crippen molar-refractivity contribution in [1.82, 2.24) is 0 Å². The molecule has 0 saturated heterocycles. The summed E-state index contributed by atoms with van der Waals surface area (Å²) >= 11 is 0. The molecule has 0 spiro atoms. The van der Waals surface area contributed by atoms with Gasteiger partial charge in [-0.25, -0.2) is 0 Å². The maximum absolute atomic E-state index is 6.93. The van der Waals surface area contributed by atoms with Crippen molar-refractivity contribution in [3.8, 4) is 0 Å². The van der Waals surface area contributed by atoms with Crippen molar-refractivity contribution in [1.29, 1.82) is 0 Å². The second-order valence-electron chi connectivity index (χ2n) is 16.1. The van der Waals surface area contributed by atoms with Gasteiger partial charge in [-0.2, -0.15) is 0 Å². The van der Waals surface area contributed by atoms with Crippen molar-refractivity contribution in [3.63, 3.8) is 0 Å². The van der Waals surface area contributed by atoms with Crippen LogP contribution in [0.25, 0.3) is 65.4 Å². The summed E-state index contributed by atoms with van der Waals surface area (Å²) in [6, 6.07) is 63.1. The topological polar surface area (TPSA) is 32.8 Å². The molecule has 2 aromatic heterocycles. The molecule has 11 aromatic rings. The van der Waals surface area contributed by atoms with E-state index in [-0.39, 0.29) is 5.92 Å². The Bertz CT molecular complexity index is 3400. The molecule has 0 radical (unpaired) electrons. The van der Waals surface area contributed by atoms with E-state index in [0.29, 0.717) is 0 Å². The van der Waals surface area contributed by atoms with Crippen LogP contribution in [0.2, 0.25) is 0 Å². The highest BCUT2D eigenvalue weighted by Gasteiger charge is 2.23. The van der Waals surface area contributed by atoms with Crippen molar-refractivity contribution in [3.05, 3.63) is 193 Å². The largest absolute Gasteiger partial charge is 0.452 e. The number of nitrogens with zero attached hydrogens (tertiary/aromatic N) is 2. The Hall–Kier alpha value is -7.30. The summed E-state index contributed by atoms with van der Waals surface area (Å²) in [5.41, 5.74) is 13.7. The van der Waals surface area contributed by atoms with Gasteiger partial charge in [0.2, 0.25) is 0 Å². The fraction of sp³-hybridized carbons (Fsp3) is 0.0909. The summed E-state index contributed by atoms with van der Waals surface area (Å²) in [4.78, 5) is 4.67. The van der Waals surface area contributed by atoms with Crippen LogP contribution < -0.4 is 9.80 Å². The zero-order chi connectivity index (χ0) is 39.8. The molecule has 284 valence electrons. The molecule has 0 bridgehead atoms. The quantitative estimate of drug-likeness (QED) is 0.162. The lowest BCUT2D eigenvalue weighted by atomic mass is 9.94. The lowest BCUT2D eigenvalue weighted by Gasteiger charge is -2.27. The molecule has 9 aromatic carbocycles. The van der Waals surface area contributed by atoms with E-state index in [9.17, 15) is 0 Å². The molecule has 0 aliphatic carbocycles. The maximum atomic E-state index is 6.93. The zero-order valence-electron chi connectivity index (χ0n) is 33.5. The van der Waals surface area contributed by atoms with Crippen molar-refractivity contribution in [2.45, 2.75) is 33.6 Å². The molecule has 59 heavy (non-hydrogen) atoms.